The first-order valence-corrected chi connectivity index (χ1v) is 9.25. The molecular formula is C18H32N6O2. The van der Waals surface area contributed by atoms with Crippen molar-refractivity contribution in [2.45, 2.75) is 58.6 Å². The van der Waals surface area contributed by atoms with Gasteiger partial charge in [-0.1, -0.05) is 19.0 Å². The van der Waals surface area contributed by atoms with Gasteiger partial charge in [-0.05, 0) is 32.7 Å². The van der Waals surface area contributed by atoms with Crippen molar-refractivity contribution in [3.8, 4) is 0 Å². The van der Waals surface area contributed by atoms with E-state index in [1.165, 1.54) is 0 Å². The molecule has 1 aromatic heterocycles. The number of hydrogen-bond acceptors (Lipinski definition) is 7. The van der Waals surface area contributed by atoms with E-state index in [0.717, 1.165) is 19.5 Å². The molecular weight excluding hydrogens is 332 g/mol. The average Bonchev–Trinajstić information content (AvgIpc) is 3.03. The predicted octanol–water partition coefficient (Wildman–Crippen LogP) is 2.20. The standard InChI is InChI=1S/C18H32N6O2/c1-11(2)9-21-15-6-7-24(10-16(15)25-5)17(20)14(8-12(3)19)18-22-13(4)23-26-18/h11,14-16,19-21H,6-10H2,1-5H3/t14?,15-,16+/m1/s1. The minimum absolute atomic E-state index is 0.0222. The number of nitrogens with one attached hydrogen (secondary N) is 3. The number of likely N-dealkylation sites (tertiary alicyclic amines) is 1. The molecule has 0 radical (unpaired) electrons. The monoisotopic (exact) mass is 364 g/mol. The second-order valence-electron chi connectivity index (χ2n) is 7.52. The van der Waals surface area contributed by atoms with Gasteiger partial charge >= 0.3 is 0 Å². The van der Waals surface area contributed by atoms with Crippen molar-refractivity contribution in [1.82, 2.24) is 20.4 Å². The molecule has 8 nitrogen and oxygen atoms in total. The molecule has 1 aliphatic heterocycles. The Morgan fingerprint density at radius 3 is 2.69 bits per heavy atom. The van der Waals surface area contributed by atoms with Crippen molar-refractivity contribution in [1.29, 1.82) is 10.8 Å². The first kappa shape index (κ1) is 20.5. The van der Waals surface area contributed by atoms with Crippen molar-refractivity contribution >= 4 is 11.5 Å². The van der Waals surface area contributed by atoms with Gasteiger partial charge in [0.25, 0.3) is 0 Å². The zero-order valence-corrected chi connectivity index (χ0v) is 16.5. The summed E-state index contributed by atoms with van der Waals surface area (Å²) in [7, 11) is 1.72. The molecule has 1 fully saturated rings. The largest absolute Gasteiger partial charge is 0.378 e. The van der Waals surface area contributed by atoms with Gasteiger partial charge in [-0.25, -0.2) is 0 Å². The van der Waals surface area contributed by atoms with Crippen LogP contribution < -0.4 is 5.32 Å². The third-order valence-corrected chi connectivity index (χ3v) is 4.67. The fraction of sp³-hybridized carbons (Fsp3) is 0.778. The summed E-state index contributed by atoms with van der Waals surface area (Å²) in [6.07, 6.45) is 1.34. The molecule has 0 aliphatic carbocycles. The van der Waals surface area contributed by atoms with E-state index in [0.29, 0.717) is 48.2 Å². The summed E-state index contributed by atoms with van der Waals surface area (Å²) in [6, 6.07) is 0.292. The maximum absolute atomic E-state index is 8.71. The normalized spacial score (nSPS) is 21.8. The van der Waals surface area contributed by atoms with Crippen molar-refractivity contribution < 1.29 is 9.26 Å². The van der Waals surface area contributed by atoms with Gasteiger partial charge in [-0.2, -0.15) is 4.98 Å². The number of aryl methyl sites for hydroxylation is 1. The molecule has 1 aromatic rings. The number of nitrogens with zero attached hydrogens (tertiary/aromatic N) is 3. The fourth-order valence-electron chi connectivity index (χ4n) is 3.28. The van der Waals surface area contributed by atoms with E-state index in [-0.39, 0.29) is 12.0 Å². The molecule has 1 unspecified atom stereocenters. The van der Waals surface area contributed by atoms with Crippen LogP contribution in [0.3, 0.4) is 0 Å². The number of hydrogen-bond donors (Lipinski definition) is 3. The Labute approximate surface area is 155 Å². The summed E-state index contributed by atoms with van der Waals surface area (Å²) < 4.78 is 11.0. The van der Waals surface area contributed by atoms with Crippen molar-refractivity contribution in [2.24, 2.45) is 5.92 Å². The number of ether oxygens (including phenoxy) is 1. The predicted molar refractivity (Wildman–Crippen MR) is 101 cm³/mol. The van der Waals surface area contributed by atoms with E-state index in [1.54, 1.807) is 21.0 Å². The van der Waals surface area contributed by atoms with Crippen molar-refractivity contribution in [3.63, 3.8) is 0 Å². The molecule has 26 heavy (non-hydrogen) atoms. The minimum atomic E-state index is -0.383. The van der Waals surface area contributed by atoms with Crippen LogP contribution in [-0.4, -0.2) is 65.5 Å². The van der Waals surface area contributed by atoms with Gasteiger partial charge in [0.15, 0.2) is 5.82 Å². The SMILES string of the molecule is CO[C@H]1CN(C(=N)C(CC(C)=N)c2nc(C)no2)CC[C@H]1NCC(C)C. The molecule has 0 spiro atoms. The van der Waals surface area contributed by atoms with E-state index in [1.807, 2.05) is 4.90 Å². The lowest BCUT2D eigenvalue weighted by Gasteiger charge is -2.40. The maximum Gasteiger partial charge on any atom is 0.237 e. The molecule has 146 valence electrons. The van der Waals surface area contributed by atoms with Crippen molar-refractivity contribution in [2.75, 3.05) is 26.7 Å². The molecule has 0 amide bonds. The van der Waals surface area contributed by atoms with Crippen LogP contribution in [0.15, 0.2) is 4.52 Å². The van der Waals surface area contributed by atoms with Gasteiger partial charge in [0.05, 0.1) is 6.10 Å². The lowest BCUT2D eigenvalue weighted by atomic mass is 9.96. The molecule has 0 aromatic carbocycles. The fourth-order valence-corrected chi connectivity index (χ4v) is 3.28. The summed E-state index contributed by atoms with van der Waals surface area (Å²) in [5.41, 5.74) is 0.493. The van der Waals surface area contributed by atoms with E-state index < -0.39 is 0 Å². The lowest BCUT2D eigenvalue weighted by molar-refractivity contribution is 0.0239. The molecule has 1 saturated heterocycles. The summed E-state index contributed by atoms with van der Waals surface area (Å²) >= 11 is 0. The topological polar surface area (TPSA) is 111 Å². The molecule has 3 N–H and O–H groups in total. The molecule has 1 aliphatic rings. The third kappa shape index (κ3) is 5.35. The van der Waals surface area contributed by atoms with Gasteiger partial charge in [-0.3, -0.25) is 5.41 Å². The first-order chi connectivity index (χ1) is 12.3. The Kier molecular flexibility index (Phi) is 7.28. The van der Waals surface area contributed by atoms with Gasteiger partial charge < -0.3 is 24.9 Å². The highest BCUT2D eigenvalue weighted by molar-refractivity contribution is 5.91. The summed E-state index contributed by atoms with van der Waals surface area (Å²) in [5.74, 6) is 1.58. The third-order valence-electron chi connectivity index (χ3n) is 4.67. The average molecular weight is 364 g/mol. The molecule has 0 saturated carbocycles. The number of aromatic nitrogens is 2. The summed E-state index contributed by atoms with van der Waals surface area (Å²) in [6.45, 7) is 10.3. The van der Waals surface area contributed by atoms with Crippen LogP contribution >= 0.6 is 0 Å². The quantitative estimate of drug-likeness (QED) is 0.482. The second-order valence-corrected chi connectivity index (χ2v) is 7.52. The Balaban J connectivity index is 2.08. The van der Waals surface area contributed by atoms with Crippen LogP contribution in [-0.2, 0) is 4.74 Å². The zero-order valence-electron chi connectivity index (χ0n) is 16.5. The molecule has 2 heterocycles. The Hall–Kier alpha value is -1.80. The van der Waals surface area contributed by atoms with Crippen LogP contribution in [0, 0.1) is 23.7 Å². The lowest BCUT2D eigenvalue weighted by Crippen LogP contribution is -2.56. The maximum atomic E-state index is 8.71. The van der Waals surface area contributed by atoms with Gasteiger partial charge in [0.1, 0.15) is 11.8 Å². The Morgan fingerprint density at radius 1 is 1.42 bits per heavy atom. The Bertz CT molecular complexity index is 615. The van der Waals surface area contributed by atoms with Gasteiger partial charge in [0.2, 0.25) is 5.89 Å². The zero-order chi connectivity index (χ0) is 19.3. The highest BCUT2D eigenvalue weighted by atomic mass is 16.5. The summed E-state index contributed by atoms with van der Waals surface area (Å²) in [5, 5.41) is 24.0. The molecule has 2 rings (SSSR count). The van der Waals surface area contributed by atoms with Crippen LogP contribution in [0.25, 0.3) is 0 Å². The Morgan fingerprint density at radius 2 is 2.15 bits per heavy atom. The highest BCUT2D eigenvalue weighted by Crippen LogP contribution is 2.25. The van der Waals surface area contributed by atoms with Crippen LogP contribution in [0.2, 0.25) is 0 Å². The van der Waals surface area contributed by atoms with Crippen LogP contribution in [0.4, 0.5) is 0 Å². The molecule has 8 heteroatoms. The second kappa shape index (κ2) is 9.23. The van der Waals surface area contributed by atoms with Gasteiger partial charge in [0, 0.05) is 38.4 Å². The van der Waals surface area contributed by atoms with E-state index in [2.05, 4.69) is 29.3 Å². The van der Waals surface area contributed by atoms with E-state index >= 15 is 0 Å². The van der Waals surface area contributed by atoms with Crippen molar-refractivity contribution in [3.05, 3.63) is 11.7 Å². The summed E-state index contributed by atoms with van der Waals surface area (Å²) in [4.78, 5) is 6.32. The first-order valence-electron chi connectivity index (χ1n) is 9.25. The van der Waals surface area contributed by atoms with E-state index in [4.69, 9.17) is 20.1 Å². The van der Waals surface area contributed by atoms with E-state index in [9.17, 15) is 0 Å². The number of rotatable bonds is 8. The molecule has 0 bridgehead atoms. The molecule has 3 atom stereocenters. The van der Waals surface area contributed by atoms with Crippen LogP contribution in [0.5, 0.6) is 0 Å². The highest BCUT2D eigenvalue weighted by Gasteiger charge is 2.34. The number of piperidine rings is 1. The van der Waals surface area contributed by atoms with Gasteiger partial charge in [-0.15, -0.1) is 0 Å². The number of amidine groups is 1. The van der Waals surface area contributed by atoms with Crippen LogP contribution in [0.1, 0.15) is 51.2 Å². The smallest absolute Gasteiger partial charge is 0.237 e. The minimum Gasteiger partial charge on any atom is -0.378 e. The number of methoxy groups -OCH3 is 1.